The zero-order valence-corrected chi connectivity index (χ0v) is 14.4. The van der Waals surface area contributed by atoms with E-state index in [-0.39, 0.29) is 5.91 Å². The number of amides is 1. The van der Waals surface area contributed by atoms with Gasteiger partial charge in [-0.2, -0.15) is 5.26 Å². The van der Waals surface area contributed by atoms with Crippen molar-refractivity contribution in [3.63, 3.8) is 0 Å². The summed E-state index contributed by atoms with van der Waals surface area (Å²) in [5, 5.41) is 21.6. The van der Waals surface area contributed by atoms with Crippen LogP contribution in [0.15, 0.2) is 24.3 Å². The average Bonchev–Trinajstić information content (AvgIpc) is 2.59. The average molecular weight is 329 g/mol. The Balaban J connectivity index is 1.90. The van der Waals surface area contributed by atoms with Crippen molar-refractivity contribution < 1.29 is 9.90 Å². The summed E-state index contributed by atoms with van der Waals surface area (Å²) in [5.74, 6) is -0.0934. The molecule has 1 aliphatic rings. The molecule has 0 saturated heterocycles. The minimum atomic E-state index is -0.394. The summed E-state index contributed by atoms with van der Waals surface area (Å²) in [6.07, 6.45) is 5.99. The van der Waals surface area contributed by atoms with Crippen LogP contribution in [0.1, 0.15) is 51.0 Å². The number of benzene rings is 1. The van der Waals surface area contributed by atoms with Crippen LogP contribution >= 0.6 is 0 Å². The number of rotatable bonds is 7. The van der Waals surface area contributed by atoms with Crippen molar-refractivity contribution in [1.29, 1.82) is 5.26 Å². The second kappa shape index (κ2) is 9.41. The SMILES string of the molecule is CC(O)CN(CCC(=O)Nc1ccccc1C#N)C1CCCCC1. The molecule has 2 N–H and O–H groups in total. The fourth-order valence-electron chi connectivity index (χ4n) is 3.36. The largest absolute Gasteiger partial charge is 0.392 e. The van der Waals surface area contributed by atoms with Gasteiger partial charge in [0.25, 0.3) is 0 Å². The van der Waals surface area contributed by atoms with E-state index in [0.717, 1.165) is 12.8 Å². The van der Waals surface area contributed by atoms with Gasteiger partial charge in [-0.15, -0.1) is 0 Å². The fraction of sp³-hybridized carbons (Fsp3) is 0.579. The molecule has 2 rings (SSSR count). The highest BCUT2D eigenvalue weighted by Crippen LogP contribution is 2.23. The Kier molecular flexibility index (Phi) is 7.23. The van der Waals surface area contributed by atoms with Crippen LogP contribution in [0.3, 0.4) is 0 Å². The Morgan fingerprint density at radius 2 is 2.08 bits per heavy atom. The number of nitrogens with zero attached hydrogens (tertiary/aromatic N) is 2. The monoisotopic (exact) mass is 329 g/mol. The highest BCUT2D eigenvalue weighted by Gasteiger charge is 2.22. The quantitative estimate of drug-likeness (QED) is 0.806. The molecule has 0 aromatic heterocycles. The van der Waals surface area contributed by atoms with Crippen LogP contribution in [-0.4, -0.2) is 41.1 Å². The molecule has 1 amide bonds. The van der Waals surface area contributed by atoms with Crippen molar-refractivity contribution in [2.24, 2.45) is 0 Å². The third-order valence-electron chi connectivity index (χ3n) is 4.54. The summed E-state index contributed by atoms with van der Waals surface area (Å²) in [5.41, 5.74) is 1.03. The predicted molar refractivity (Wildman–Crippen MR) is 94.5 cm³/mol. The van der Waals surface area contributed by atoms with E-state index in [2.05, 4.69) is 16.3 Å². The first-order valence-corrected chi connectivity index (χ1v) is 8.81. The van der Waals surface area contributed by atoms with Gasteiger partial charge in [0.15, 0.2) is 0 Å². The third-order valence-corrected chi connectivity index (χ3v) is 4.54. The highest BCUT2D eigenvalue weighted by atomic mass is 16.3. The summed E-state index contributed by atoms with van der Waals surface area (Å²) in [4.78, 5) is 14.5. The second-order valence-corrected chi connectivity index (χ2v) is 6.59. The number of hydrogen-bond acceptors (Lipinski definition) is 4. The van der Waals surface area contributed by atoms with E-state index in [1.807, 2.05) is 0 Å². The van der Waals surface area contributed by atoms with Gasteiger partial charge in [0, 0.05) is 25.6 Å². The van der Waals surface area contributed by atoms with E-state index in [0.29, 0.717) is 36.8 Å². The molecule has 1 aromatic carbocycles. The van der Waals surface area contributed by atoms with E-state index in [4.69, 9.17) is 5.26 Å². The second-order valence-electron chi connectivity index (χ2n) is 6.59. The summed E-state index contributed by atoms with van der Waals surface area (Å²) in [6, 6.07) is 9.57. The number of aliphatic hydroxyl groups is 1. The number of carbonyl (C=O) groups is 1. The lowest BCUT2D eigenvalue weighted by Crippen LogP contribution is -2.42. The first kappa shape index (κ1) is 18.4. The Labute approximate surface area is 144 Å². The molecule has 0 radical (unpaired) electrons. The molecule has 0 heterocycles. The molecule has 0 aliphatic heterocycles. The molecule has 5 heteroatoms. The number of hydrogen-bond donors (Lipinski definition) is 2. The molecular weight excluding hydrogens is 302 g/mol. The van der Waals surface area contributed by atoms with Crippen molar-refractivity contribution in [2.45, 2.75) is 57.6 Å². The van der Waals surface area contributed by atoms with Gasteiger partial charge in [-0.1, -0.05) is 31.4 Å². The van der Waals surface area contributed by atoms with Crippen molar-refractivity contribution in [3.8, 4) is 6.07 Å². The van der Waals surface area contributed by atoms with E-state index < -0.39 is 6.10 Å². The minimum absolute atomic E-state index is 0.0934. The van der Waals surface area contributed by atoms with Gasteiger partial charge in [0.05, 0.1) is 17.4 Å². The topological polar surface area (TPSA) is 76.4 Å². The van der Waals surface area contributed by atoms with Gasteiger partial charge < -0.3 is 10.4 Å². The van der Waals surface area contributed by atoms with Crippen LogP contribution in [0.25, 0.3) is 0 Å². The lowest BCUT2D eigenvalue weighted by molar-refractivity contribution is -0.116. The Morgan fingerprint density at radius 1 is 1.38 bits per heavy atom. The van der Waals surface area contributed by atoms with Crippen molar-refractivity contribution in [1.82, 2.24) is 4.90 Å². The number of nitrogens with one attached hydrogen (secondary N) is 1. The Morgan fingerprint density at radius 3 is 2.75 bits per heavy atom. The number of anilines is 1. The summed E-state index contributed by atoms with van der Waals surface area (Å²) >= 11 is 0. The minimum Gasteiger partial charge on any atom is -0.392 e. The van der Waals surface area contributed by atoms with Gasteiger partial charge in [-0.05, 0) is 31.9 Å². The molecule has 1 unspecified atom stereocenters. The number of para-hydroxylation sites is 1. The van der Waals surface area contributed by atoms with Gasteiger partial charge >= 0.3 is 0 Å². The molecule has 1 aromatic rings. The van der Waals surface area contributed by atoms with Gasteiger partial charge in [-0.3, -0.25) is 9.69 Å². The van der Waals surface area contributed by atoms with Crippen molar-refractivity contribution >= 4 is 11.6 Å². The lowest BCUT2D eigenvalue weighted by atomic mass is 9.94. The molecule has 1 atom stereocenters. The van der Waals surface area contributed by atoms with E-state index in [1.54, 1.807) is 31.2 Å². The third kappa shape index (κ3) is 5.63. The molecule has 5 nitrogen and oxygen atoms in total. The molecule has 1 aliphatic carbocycles. The van der Waals surface area contributed by atoms with E-state index in [9.17, 15) is 9.90 Å². The predicted octanol–water partition coefficient (Wildman–Crippen LogP) is 2.90. The Hall–Kier alpha value is -1.90. The maximum Gasteiger partial charge on any atom is 0.225 e. The molecule has 1 saturated carbocycles. The summed E-state index contributed by atoms with van der Waals surface area (Å²) in [6.45, 7) is 3.03. The van der Waals surface area contributed by atoms with Crippen LogP contribution in [-0.2, 0) is 4.79 Å². The van der Waals surface area contributed by atoms with Crippen LogP contribution in [0, 0.1) is 11.3 Å². The summed E-state index contributed by atoms with van der Waals surface area (Å²) < 4.78 is 0. The van der Waals surface area contributed by atoms with Gasteiger partial charge in [0.1, 0.15) is 6.07 Å². The van der Waals surface area contributed by atoms with Crippen LogP contribution in [0.4, 0.5) is 5.69 Å². The zero-order valence-electron chi connectivity index (χ0n) is 14.4. The Bertz CT molecular complexity index is 574. The molecule has 1 fully saturated rings. The van der Waals surface area contributed by atoms with Crippen LogP contribution in [0.5, 0.6) is 0 Å². The van der Waals surface area contributed by atoms with Crippen LogP contribution < -0.4 is 5.32 Å². The van der Waals surface area contributed by atoms with Crippen LogP contribution in [0.2, 0.25) is 0 Å². The van der Waals surface area contributed by atoms with E-state index in [1.165, 1.54) is 19.3 Å². The van der Waals surface area contributed by atoms with Gasteiger partial charge in [0.2, 0.25) is 5.91 Å². The molecular formula is C19H27N3O2. The maximum absolute atomic E-state index is 12.2. The fourth-order valence-corrected chi connectivity index (χ4v) is 3.36. The molecule has 0 bridgehead atoms. The van der Waals surface area contributed by atoms with E-state index >= 15 is 0 Å². The summed E-state index contributed by atoms with van der Waals surface area (Å²) in [7, 11) is 0. The number of aliphatic hydroxyl groups excluding tert-OH is 1. The molecule has 0 spiro atoms. The maximum atomic E-state index is 12.2. The normalized spacial score (nSPS) is 16.6. The van der Waals surface area contributed by atoms with Gasteiger partial charge in [-0.25, -0.2) is 0 Å². The van der Waals surface area contributed by atoms with Crippen molar-refractivity contribution in [3.05, 3.63) is 29.8 Å². The van der Waals surface area contributed by atoms with Crippen molar-refractivity contribution in [2.75, 3.05) is 18.4 Å². The molecule has 130 valence electrons. The first-order valence-electron chi connectivity index (χ1n) is 8.81. The number of nitriles is 1. The number of carbonyl (C=O) groups excluding carboxylic acids is 1. The molecule has 24 heavy (non-hydrogen) atoms. The first-order chi connectivity index (χ1) is 11.6. The zero-order chi connectivity index (χ0) is 17.4. The lowest BCUT2D eigenvalue weighted by Gasteiger charge is -2.35. The highest BCUT2D eigenvalue weighted by molar-refractivity contribution is 5.92. The smallest absolute Gasteiger partial charge is 0.225 e. The standard InChI is InChI=1S/C19H27N3O2/c1-15(23)14-22(17-8-3-2-4-9-17)12-11-19(24)21-18-10-6-5-7-16(18)13-20/h5-7,10,15,17,23H,2-4,8-9,11-12,14H2,1H3,(H,21,24).